The molecule has 0 aliphatic carbocycles. The number of nitrogens with zero attached hydrogens (tertiary/aromatic N) is 1. The topological polar surface area (TPSA) is 72.5 Å². The minimum Gasteiger partial charge on any atom is -0.494 e. The number of nitrogens with one attached hydrogen (secondary N) is 2. The Hall–Kier alpha value is -2.76. The van der Waals surface area contributed by atoms with Crippen molar-refractivity contribution in [2.75, 3.05) is 18.5 Å². The number of benzene rings is 1. The van der Waals surface area contributed by atoms with E-state index in [1.54, 1.807) is 18.3 Å². The maximum Gasteiger partial charge on any atom is 0.319 e. The lowest BCUT2D eigenvalue weighted by molar-refractivity contribution is 0.251. The van der Waals surface area contributed by atoms with E-state index in [0.717, 1.165) is 11.3 Å². The van der Waals surface area contributed by atoms with Gasteiger partial charge in [0.15, 0.2) is 0 Å². The fraction of sp³-hybridized carbons (Fsp3) is 0.294. The maximum atomic E-state index is 12.0. The van der Waals surface area contributed by atoms with Gasteiger partial charge >= 0.3 is 6.03 Å². The molecule has 1 aromatic carbocycles. The summed E-state index contributed by atoms with van der Waals surface area (Å²) in [5.74, 6) is 1.31. The van der Waals surface area contributed by atoms with Crippen LogP contribution in [-0.4, -0.2) is 24.2 Å². The quantitative estimate of drug-likeness (QED) is 0.823. The molecular formula is C17H21N3O3. The Morgan fingerprint density at radius 2 is 1.83 bits per heavy atom. The summed E-state index contributed by atoms with van der Waals surface area (Å²) in [7, 11) is 0. The molecule has 2 aromatic rings. The van der Waals surface area contributed by atoms with Gasteiger partial charge in [0.1, 0.15) is 5.75 Å². The molecule has 0 aliphatic heterocycles. The van der Waals surface area contributed by atoms with Crippen LogP contribution in [0, 0.1) is 0 Å². The molecule has 122 valence electrons. The molecule has 0 saturated carbocycles. The second-order valence-corrected chi connectivity index (χ2v) is 4.67. The molecule has 1 aromatic heterocycles. The van der Waals surface area contributed by atoms with E-state index < -0.39 is 0 Å². The first-order valence-electron chi connectivity index (χ1n) is 7.57. The van der Waals surface area contributed by atoms with Gasteiger partial charge in [0.25, 0.3) is 0 Å². The average molecular weight is 315 g/mol. The molecule has 0 fully saturated rings. The second-order valence-electron chi connectivity index (χ2n) is 4.67. The van der Waals surface area contributed by atoms with Crippen LogP contribution in [0.15, 0.2) is 42.6 Å². The highest BCUT2D eigenvalue weighted by Crippen LogP contribution is 2.16. The van der Waals surface area contributed by atoms with Crippen molar-refractivity contribution < 1.29 is 14.3 Å². The summed E-state index contributed by atoms with van der Waals surface area (Å²) in [5.41, 5.74) is 1.53. The number of rotatable bonds is 7. The largest absolute Gasteiger partial charge is 0.494 e. The van der Waals surface area contributed by atoms with Crippen molar-refractivity contribution in [3.63, 3.8) is 0 Å². The number of amides is 2. The van der Waals surface area contributed by atoms with Crippen LogP contribution in [0.3, 0.4) is 0 Å². The second kappa shape index (κ2) is 8.63. The van der Waals surface area contributed by atoms with E-state index in [1.807, 2.05) is 38.1 Å². The Morgan fingerprint density at radius 1 is 1.09 bits per heavy atom. The molecule has 0 radical (unpaired) electrons. The number of urea groups is 1. The van der Waals surface area contributed by atoms with Gasteiger partial charge < -0.3 is 20.1 Å². The van der Waals surface area contributed by atoms with E-state index >= 15 is 0 Å². The lowest BCUT2D eigenvalue weighted by atomic mass is 10.2. The standard InChI is InChI=1S/C17H21N3O3/c1-3-22-15-9-7-14(8-10-15)20-17(21)19-12-13-6-5-11-18-16(13)23-4-2/h5-11H,3-4,12H2,1-2H3,(H2,19,20,21). The highest BCUT2D eigenvalue weighted by atomic mass is 16.5. The molecular weight excluding hydrogens is 294 g/mol. The zero-order valence-electron chi connectivity index (χ0n) is 13.3. The molecule has 2 amide bonds. The van der Waals surface area contributed by atoms with Crippen molar-refractivity contribution in [2.45, 2.75) is 20.4 Å². The molecule has 1 heterocycles. The SMILES string of the molecule is CCOc1ccc(NC(=O)NCc2cccnc2OCC)cc1. The van der Waals surface area contributed by atoms with Crippen LogP contribution in [0.2, 0.25) is 0 Å². The van der Waals surface area contributed by atoms with Crippen LogP contribution in [0.4, 0.5) is 10.5 Å². The van der Waals surface area contributed by atoms with Crippen molar-refractivity contribution >= 4 is 11.7 Å². The Kier molecular flexibility index (Phi) is 6.23. The molecule has 0 atom stereocenters. The van der Waals surface area contributed by atoms with E-state index in [1.165, 1.54) is 0 Å². The van der Waals surface area contributed by atoms with Gasteiger partial charge in [0.2, 0.25) is 5.88 Å². The molecule has 6 heteroatoms. The maximum absolute atomic E-state index is 12.0. The van der Waals surface area contributed by atoms with E-state index in [-0.39, 0.29) is 6.03 Å². The normalized spacial score (nSPS) is 10.0. The number of anilines is 1. The van der Waals surface area contributed by atoms with E-state index in [2.05, 4.69) is 15.6 Å². The van der Waals surface area contributed by atoms with Crippen molar-refractivity contribution in [1.82, 2.24) is 10.3 Å². The highest BCUT2D eigenvalue weighted by Gasteiger charge is 2.07. The van der Waals surface area contributed by atoms with Crippen molar-refractivity contribution in [2.24, 2.45) is 0 Å². The van der Waals surface area contributed by atoms with Crippen LogP contribution in [-0.2, 0) is 6.54 Å². The lowest BCUT2D eigenvalue weighted by Crippen LogP contribution is -2.28. The van der Waals surface area contributed by atoms with Crippen LogP contribution in [0.25, 0.3) is 0 Å². The summed E-state index contributed by atoms with van der Waals surface area (Å²) in [6, 6.07) is 10.6. The summed E-state index contributed by atoms with van der Waals surface area (Å²) in [4.78, 5) is 16.1. The molecule has 0 unspecified atom stereocenters. The minimum absolute atomic E-state index is 0.291. The zero-order chi connectivity index (χ0) is 16.5. The summed E-state index contributed by atoms with van der Waals surface area (Å²) in [6.45, 7) is 5.30. The number of pyridine rings is 1. The summed E-state index contributed by atoms with van der Waals surface area (Å²) < 4.78 is 10.8. The molecule has 23 heavy (non-hydrogen) atoms. The van der Waals surface area contributed by atoms with Gasteiger partial charge in [-0.25, -0.2) is 9.78 Å². The summed E-state index contributed by atoms with van der Waals surface area (Å²) >= 11 is 0. The predicted octanol–water partition coefficient (Wildman–Crippen LogP) is 3.20. The van der Waals surface area contributed by atoms with Crippen LogP contribution in [0.1, 0.15) is 19.4 Å². The Bertz CT molecular complexity index is 629. The van der Waals surface area contributed by atoms with Gasteiger partial charge in [0, 0.05) is 24.0 Å². The van der Waals surface area contributed by atoms with Gasteiger partial charge in [-0.3, -0.25) is 0 Å². The fourth-order valence-electron chi connectivity index (χ4n) is 1.98. The molecule has 6 nitrogen and oxygen atoms in total. The number of carbonyl (C=O) groups is 1. The van der Waals surface area contributed by atoms with Gasteiger partial charge in [0.05, 0.1) is 13.2 Å². The highest BCUT2D eigenvalue weighted by molar-refractivity contribution is 5.89. The van der Waals surface area contributed by atoms with Crippen LogP contribution in [0.5, 0.6) is 11.6 Å². The van der Waals surface area contributed by atoms with Gasteiger partial charge in [-0.1, -0.05) is 6.07 Å². The Morgan fingerprint density at radius 3 is 2.52 bits per heavy atom. The van der Waals surface area contributed by atoms with Gasteiger partial charge in [-0.05, 0) is 44.2 Å². The van der Waals surface area contributed by atoms with Crippen LogP contribution >= 0.6 is 0 Å². The zero-order valence-corrected chi connectivity index (χ0v) is 13.3. The Balaban J connectivity index is 1.87. The van der Waals surface area contributed by atoms with E-state index in [9.17, 15) is 4.79 Å². The molecule has 0 spiro atoms. The average Bonchev–Trinajstić information content (AvgIpc) is 2.56. The lowest BCUT2D eigenvalue weighted by Gasteiger charge is -2.11. The van der Waals surface area contributed by atoms with Gasteiger partial charge in [-0.2, -0.15) is 0 Å². The third-order valence-electron chi connectivity index (χ3n) is 2.99. The number of hydrogen-bond acceptors (Lipinski definition) is 4. The molecule has 0 bridgehead atoms. The smallest absolute Gasteiger partial charge is 0.319 e. The number of hydrogen-bond donors (Lipinski definition) is 2. The predicted molar refractivity (Wildman–Crippen MR) is 88.9 cm³/mol. The third-order valence-corrected chi connectivity index (χ3v) is 2.99. The van der Waals surface area contributed by atoms with Crippen molar-refractivity contribution in [3.8, 4) is 11.6 Å². The summed E-state index contributed by atoms with van der Waals surface area (Å²) in [5, 5.41) is 5.55. The van der Waals surface area contributed by atoms with E-state index in [4.69, 9.17) is 9.47 Å². The first-order chi connectivity index (χ1) is 11.2. The number of carbonyl (C=O) groups excluding carboxylic acids is 1. The first kappa shape index (κ1) is 16.6. The molecule has 2 N–H and O–H groups in total. The third kappa shape index (κ3) is 5.18. The monoisotopic (exact) mass is 315 g/mol. The number of aromatic nitrogens is 1. The molecule has 2 rings (SSSR count). The minimum atomic E-state index is -0.291. The van der Waals surface area contributed by atoms with Crippen molar-refractivity contribution in [3.05, 3.63) is 48.2 Å². The molecule has 0 aliphatic rings. The van der Waals surface area contributed by atoms with Gasteiger partial charge in [-0.15, -0.1) is 0 Å². The Labute approximate surface area is 135 Å². The van der Waals surface area contributed by atoms with Crippen molar-refractivity contribution in [1.29, 1.82) is 0 Å². The van der Waals surface area contributed by atoms with E-state index in [0.29, 0.717) is 31.3 Å². The van der Waals surface area contributed by atoms with Crippen LogP contribution < -0.4 is 20.1 Å². The number of ether oxygens (including phenoxy) is 2. The fourth-order valence-corrected chi connectivity index (χ4v) is 1.98. The summed E-state index contributed by atoms with van der Waals surface area (Å²) in [6.07, 6.45) is 1.66. The first-order valence-corrected chi connectivity index (χ1v) is 7.57. The molecule has 0 saturated heterocycles.